The third-order valence-corrected chi connectivity index (χ3v) is 2.77. The van der Waals surface area contributed by atoms with Gasteiger partial charge in [0, 0.05) is 11.6 Å². The van der Waals surface area contributed by atoms with E-state index >= 15 is 0 Å². The van der Waals surface area contributed by atoms with Crippen LogP contribution < -0.4 is 5.32 Å². The lowest BCUT2D eigenvalue weighted by Gasteiger charge is -2.13. The van der Waals surface area contributed by atoms with E-state index in [2.05, 4.69) is 21.2 Å². The normalized spacial score (nSPS) is 11.9. The lowest BCUT2D eigenvalue weighted by molar-refractivity contribution is -0.143. The average molecular weight is 316 g/mol. The second kappa shape index (κ2) is 7.13. The highest BCUT2D eigenvalue weighted by Crippen LogP contribution is 2.10. The van der Waals surface area contributed by atoms with Gasteiger partial charge in [0.25, 0.3) is 0 Å². The Morgan fingerprint density at radius 1 is 1.39 bits per heavy atom. The zero-order valence-electron chi connectivity index (χ0n) is 9.85. The smallest absolute Gasteiger partial charge is 0.328 e. The van der Waals surface area contributed by atoms with Gasteiger partial charge in [-0.05, 0) is 17.7 Å². The predicted octanol–water partition coefficient (Wildman–Crippen LogP) is 1.21. The van der Waals surface area contributed by atoms with Crippen molar-refractivity contribution in [3.05, 3.63) is 34.3 Å². The first-order chi connectivity index (χ1) is 8.52. The summed E-state index contributed by atoms with van der Waals surface area (Å²) in [4.78, 5) is 22.5. The van der Waals surface area contributed by atoms with Crippen molar-refractivity contribution in [2.45, 2.75) is 12.5 Å². The van der Waals surface area contributed by atoms with E-state index < -0.39 is 12.0 Å². The number of ether oxygens (including phenoxy) is 1. The molecule has 0 radical (unpaired) electrons. The third-order valence-electron chi connectivity index (χ3n) is 2.24. The van der Waals surface area contributed by atoms with Crippen molar-refractivity contribution < 1.29 is 19.4 Å². The summed E-state index contributed by atoms with van der Waals surface area (Å²) in [6.07, 6.45) is 0.140. The molecule has 0 saturated heterocycles. The van der Waals surface area contributed by atoms with Gasteiger partial charge in [-0.15, -0.1) is 0 Å². The Morgan fingerprint density at radius 2 is 2.00 bits per heavy atom. The van der Waals surface area contributed by atoms with E-state index in [0.29, 0.717) is 0 Å². The molecule has 0 aliphatic carbocycles. The van der Waals surface area contributed by atoms with E-state index in [4.69, 9.17) is 9.84 Å². The molecule has 0 saturated carbocycles. The number of carboxylic acids is 1. The molecule has 1 atom stereocenters. The number of amides is 1. The van der Waals surface area contributed by atoms with Gasteiger partial charge in [-0.1, -0.05) is 28.1 Å². The fourth-order valence-corrected chi connectivity index (χ4v) is 1.64. The summed E-state index contributed by atoms with van der Waals surface area (Å²) >= 11 is 3.30. The van der Waals surface area contributed by atoms with Gasteiger partial charge in [0.05, 0.1) is 13.0 Å². The predicted molar refractivity (Wildman–Crippen MR) is 69.3 cm³/mol. The highest BCUT2D eigenvalue weighted by atomic mass is 79.9. The molecule has 2 N–H and O–H groups in total. The topological polar surface area (TPSA) is 75.6 Å². The quantitative estimate of drug-likeness (QED) is 0.827. The van der Waals surface area contributed by atoms with Gasteiger partial charge >= 0.3 is 5.97 Å². The Kier molecular flexibility index (Phi) is 5.80. The number of carbonyl (C=O) groups is 2. The maximum atomic E-state index is 11.6. The van der Waals surface area contributed by atoms with Gasteiger partial charge in [-0.3, -0.25) is 4.79 Å². The molecule has 1 unspecified atom stereocenters. The number of carbonyl (C=O) groups excluding carboxylic acids is 1. The molecule has 0 fully saturated rings. The van der Waals surface area contributed by atoms with E-state index in [1.807, 2.05) is 12.1 Å². The summed E-state index contributed by atoms with van der Waals surface area (Å²) < 4.78 is 5.66. The van der Waals surface area contributed by atoms with E-state index in [0.717, 1.165) is 10.0 Å². The highest BCUT2D eigenvalue weighted by molar-refractivity contribution is 9.10. The number of carboxylic acid groups (broad SMARTS) is 1. The molecule has 0 heterocycles. The van der Waals surface area contributed by atoms with E-state index in [1.54, 1.807) is 12.1 Å². The van der Waals surface area contributed by atoms with Gasteiger partial charge in [0.2, 0.25) is 5.91 Å². The molecule has 0 aliphatic heterocycles. The van der Waals surface area contributed by atoms with Crippen LogP contribution in [0.5, 0.6) is 0 Å². The fraction of sp³-hybridized carbons (Fsp3) is 0.333. The summed E-state index contributed by atoms with van der Waals surface area (Å²) in [5.74, 6) is -1.46. The molecule has 1 aromatic rings. The minimum Gasteiger partial charge on any atom is -0.480 e. The zero-order valence-corrected chi connectivity index (χ0v) is 11.4. The van der Waals surface area contributed by atoms with Crippen molar-refractivity contribution in [1.29, 1.82) is 0 Å². The molecule has 18 heavy (non-hydrogen) atoms. The van der Waals surface area contributed by atoms with Gasteiger partial charge in [0.15, 0.2) is 6.04 Å². The molecule has 0 aromatic heterocycles. The Labute approximate surface area is 113 Å². The summed E-state index contributed by atoms with van der Waals surface area (Å²) in [6, 6.07) is 6.24. The van der Waals surface area contributed by atoms with E-state index in [1.165, 1.54) is 7.11 Å². The number of benzene rings is 1. The lowest BCUT2D eigenvalue weighted by Crippen LogP contribution is -2.44. The van der Waals surface area contributed by atoms with Crippen LogP contribution in [0.2, 0.25) is 0 Å². The first-order valence-electron chi connectivity index (χ1n) is 5.28. The SMILES string of the molecule is COCC(NC(=O)Cc1ccc(Br)cc1)C(=O)O. The van der Waals surface area contributed by atoms with Crippen LogP contribution in [0.1, 0.15) is 5.56 Å². The van der Waals surface area contributed by atoms with Crippen LogP contribution in [0, 0.1) is 0 Å². The number of halogens is 1. The number of hydrogen-bond donors (Lipinski definition) is 2. The molecule has 0 spiro atoms. The second-order valence-corrected chi connectivity index (χ2v) is 4.63. The molecule has 1 aromatic carbocycles. The minimum atomic E-state index is -1.11. The van der Waals surface area contributed by atoms with Gasteiger partial charge in [-0.2, -0.15) is 0 Å². The number of aliphatic carboxylic acids is 1. The van der Waals surface area contributed by atoms with Gasteiger partial charge in [0.1, 0.15) is 0 Å². The van der Waals surface area contributed by atoms with Crippen LogP contribution in [0.4, 0.5) is 0 Å². The largest absolute Gasteiger partial charge is 0.480 e. The van der Waals surface area contributed by atoms with Crippen molar-refractivity contribution in [2.75, 3.05) is 13.7 Å². The molecular formula is C12H14BrNO4. The maximum absolute atomic E-state index is 11.6. The standard InChI is InChI=1S/C12H14BrNO4/c1-18-7-10(12(16)17)14-11(15)6-8-2-4-9(13)5-3-8/h2-5,10H,6-7H2,1H3,(H,14,15)(H,16,17). The second-order valence-electron chi connectivity index (χ2n) is 3.72. The van der Waals surface area contributed by atoms with E-state index in [9.17, 15) is 9.59 Å². The van der Waals surface area contributed by atoms with Crippen molar-refractivity contribution in [3.8, 4) is 0 Å². The van der Waals surface area contributed by atoms with Crippen LogP contribution in [0.25, 0.3) is 0 Å². The third kappa shape index (κ3) is 4.85. The van der Waals surface area contributed by atoms with Crippen LogP contribution in [-0.4, -0.2) is 36.7 Å². The van der Waals surface area contributed by atoms with Crippen LogP contribution in [0.3, 0.4) is 0 Å². The molecule has 0 bridgehead atoms. The van der Waals surface area contributed by atoms with Gasteiger partial charge < -0.3 is 15.2 Å². The Bertz CT molecular complexity index is 419. The fourth-order valence-electron chi connectivity index (χ4n) is 1.37. The van der Waals surface area contributed by atoms with Crippen LogP contribution in [0.15, 0.2) is 28.7 Å². The molecule has 6 heteroatoms. The monoisotopic (exact) mass is 315 g/mol. The van der Waals surface area contributed by atoms with Crippen LogP contribution in [-0.2, 0) is 20.7 Å². The summed E-state index contributed by atoms with van der Waals surface area (Å²) in [5, 5.41) is 11.3. The number of nitrogens with one attached hydrogen (secondary N) is 1. The van der Waals surface area contributed by atoms with Gasteiger partial charge in [-0.25, -0.2) is 4.79 Å². The molecule has 5 nitrogen and oxygen atoms in total. The van der Waals surface area contributed by atoms with E-state index in [-0.39, 0.29) is 18.9 Å². The number of hydrogen-bond acceptors (Lipinski definition) is 3. The first-order valence-corrected chi connectivity index (χ1v) is 6.07. The van der Waals surface area contributed by atoms with Crippen molar-refractivity contribution in [1.82, 2.24) is 5.32 Å². The van der Waals surface area contributed by atoms with Crippen molar-refractivity contribution in [2.24, 2.45) is 0 Å². The van der Waals surface area contributed by atoms with Crippen molar-refractivity contribution in [3.63, 3.8) is 0 Å². The number of rotatable bonds is 6. The molecule has 0 aliphatic rings. The molecule has 98 valence electrons. The Balaban J connectivity index is 2.54. The van der Waals surface area contributed by atoms with Crippen LogP contribution >= 0.6 is 15.9 Å². The Morgan fingerprint density at radius 3 is 2.50 bits per heavy atom. The highest BCUT2D eigenvalue weighted by Gasteiger charge is 2.19. The first kappa shape index (κ1) is 14.7. The lowest BCUT2D eigenvalue weighted by atomic mass is 10.1. The maximum Gasteiger partial charge on any atom is 0.328 e. The molecular weight excluding hydrogens is 302 g/mol. The molecule has 1 amide bonds. The molecule has 1 rings (SSSR count). The minimum absolute atomic E-state index is 0.0542. The Hall–Kier alpha value is -1.40. The average Bonchev–Trinajstić information content (AvgIpc) is 2.31. The summed E-state index contributed by atoms with van der Waals surface area (Å²) in [5.41, 5.74) is 0.817. The van der Waals surface area contributed by atoms with Crippen molar-refractivity contribution >= 4 is 27.8 Å². The zero-order chi connectivity index (χ0) is 13.5. The summed E-state index contributed by atoms with van der Waals surface area (Å²) in [7, 11) is 1.39. The summed E-state index contributed by atoms with van der Waals surface area (Å²) in [6.45, 7) is -0.0542. The number of methoxy groups -OCH3 is 1.